The highest BCUT2D eigenvalue weighted by Gasteiger charge is 2.22. The Labute approximate surface area is 120 Å². The first-order valence-corrected chi connectivity index (χ1v) is 7.27. The highest BCUT2D eigenvalue weighted by atomic mass is 16.5. The van der Waals surface area contributed by atoms with Crippen LogP contribution in [-0.2, 0) is 0 Å². The molecule has 0 radical (unpaired) electrons. The predicted octanol–water partition coefficient (Wildman–Crippen LogP) is -2.15. The summed E-state index contributed by atoms with van der Waals surface area (Å²) in [6.07, 6.45) is -0.422. The topological polar surface area (TPSA) is 47.6 Å². The molecule has 0 aliphatic carbocycles. The van der Waals surface area contributed by atoms with Gasteiger partial charge in [-0.3, -0.25) is 0 Å². The second-order valence-corrected chi connectivity index (χ2v) is 5.56. The van der Waals surface area contributed by atoms with Crippen molar-refractivity contribution in [3.05, 3.63) is 24.3 Å². The Morgan fingerprint density at radius 3 is 2.60 bits per heavy atom. The number of nitrogens with one attached hydrogen (secondary N) is 2. The Kier molecular flexibility index (Phi) is 5.64. The Morgan fingerprint density at radius 1 is 1.20 bits per heavy atom. The van der Waals surface area contributed by atoms with Gasteiger partial charge >= 0.3 is 0 Å². The highest BCUT2D eigenvalue weighted by Crippen LogP contribution is 2.18. The van der Waals surface area contributed by atoms with Crippen molar-refractivity contribution in [1.29, 1.82) is 0 Å². The lowest BCUT2D eigenvalue weighted by atomic mass is 10.2. The van der Waals surface area contributed by atoms with E-state index >= 15 is 0 Å². The van der Waals surface area contributed by atoms with Crippen LogP contribution in [0.1, 0.15) is 0 Å². The number of quaternary nitrogens is 2. The fourth-order valence-corrected chi connectivity index (χ4v) is 2.51. The Morgan fingerprint density at radius 2 is 1.90 bits per heavy atom. The lowest BCUT2D eigenvalue weighted by Gasteiger charge is -2.28. The molecule has 0 bridgehead atoms. The third kappa shape index (κ3) is 4.67. The summed E-state index contributed by atoms with van der Waals surface area (Å²) in [4.78, 5) is 3.05. The molecule has 1 heterocycles. The molecule has 112 valence electrons. The van der Waals surface area contributed by atoms with Crippen LogP contribution in [0.15, 0.2) is 24.3 Å². The van der Waals surface area contributed by atoms with Gasteiger partial charge in [-0.2, -0.15) is 0 Å². The lowest BCUT2D eigenvalue weighted by Crippen LogP contribution is -3.27. The second kappa shape index (κ2) is 7.47. The molecule has 0 spiro atoms. The predicted molar refractivity (Wildman–Crippen MR) is 76.7 cm³/mol. The zero-order valence-electron chi connectivity index (χ0n) is 12.4. The number of piperazine rings is 1. The molecule has 0 amide bonds. The highest BCUT2D eigenvalue weighted by molar-refractivity contribution is 5.32. The summed E-state index contributed by atoms with van der Waals surface area (Å²) in [7, 11) is 3.85. The van der Waals surface area contributed by atoms with Crippen LogP contribution in [0.3, 0.4) is 0 Å². The fourth-order valence-electron chi connectivity index (χ4n) is 2.51. The fraction of sp³-hybridized carbons (Fsp3) is 0.600. The third-order valence-electron chi connectivity index (χ3n) is 3.82. The summed E-state index contributed by atoms with van der Waals surface area (Å²) in [5.74, 6) is 1.51. The molecule has 0 saturated carbocycles. The first-order valence-electron chi connectivity index (χ1n) is 7.27. The maximum absolute atomic E-state index is 10.1. The van der Waals surface area contributed by atoms with E-state index in [0.29, 0.717) is 6.61 Å². The Bertz CT molecular complexity index is 406. The van der Waals surface area contributed by atoms with Gasteiger partial charge in [0, 0.05) is 6.07 Å². The van der Waals surface area contributed by atoms with E-state index in [9.17, 15) is 5.11 Å². The molecule has 1 fully saturated rings. The lowest BCUT2D eigenvalue weighted by molar-refractivity contribution is -1.00. The molecule has 1 aliphatic rings. The quantitative estimate of drug-likeness (QED) is 0.557. The van der Waals surface area contributed by atoms with Gasteiger partial charge < -0.3 is 24.4 Å². The molecule has 0 unspecified atom stereocenters. The summed E-state index contributed by atoms with van der Waals surface area (Å²) in [5, 5.41) is 10.1. The Balaban J connectivity index is 1.73. The van der Waals surface area contributed by atoms with E-state index < -0.39 is 6.10 Å². The normalized spacial score (nSPS) is 24.1. The SMILES string of the molecule is COc1cccc(OC[C@H](O)C[NH+]2CC[NH+](C)CC2)c1. The van der Waals surface area contributed by atoms with Crippen LogP contribution in [0, 0.1) is 0 Å². The number of methoxy groups -OCH3 is 1. The van der Waals surface area contributed by atoms with E-state index in [0.717, 1.165) is 31.1 Å². The van der Waals surface area contributed by atoms with Crippen molar-refractivity contribution >= 4 is 0 Å². The van der Waals surface area contributed by atoms with E-state index in [-0.39, 0.29) is 0 Å². The molecule has 2 rings (SSSR count). The van der Waals surface area contributed by atoms with E-state index in [1.54, 1.807) is 12.0 Å². The van der Waals surface area contributed by atoms with Crippen LogP contribution < -0.4 is 19.3 Å². The van der Waals surface area contributed by atoms with E-state index in [2.05, 4.69) is 7.05 Å². The van der Waals surface area contributed by atoms with Gasteiger partial charge in [0.05, 0.1) is 14.2 Å². The first kappa shape index (κ1) is 15.1. The number of aliphatic hydroxyl groups excluding tert-OH is 1. The maximum Gasteiger partial charge on any atom is 0.137 e. The zero-order valence-corrected chi connectivity index (χ0v) is 12.4. The zero-order chi connectivity index (χ0) is 14.4. The van der Waals surface area contributed by atoms with Crippen molar-refractivity contribution in [1.82, 2.24) is 0 Å². The minimum Gasteiger partial charge on any atom is -0.497 e. The van der Waals surface area contributed by atoms with Crippen LogP contribution in [0.2, 0.25) is 0 Å². The molecule has 1 aromatic rings. The van der Waals surface area contributed by atoms with Gasteiger partial charge in [-0.1, -0.05) is 6.07 Å². The molecule has 5 nitrogen and oxygen atoms in total. The van der Waals surface area contributed by atoms with Crippen molar-refractivity contribution < 1.29 is 24.4 Å². The van der Waals surface area contributed by atoms with Crippen molar-refractivity contribution in [3.8, 4) is 11.5 Å². The monoisotopic (exact) mass is 282 g/mol. The van der Waals surface area contributed by atoms with Crippen molar-refractivity contribution in [2.24, 2.45) is 0 Å². The molecule has 20 heavy (non-hydrogen) atoms. The first-order chi connectivity index (χ1) is 9.67. The van der Waals surface area contributed by atoms with Crippen molar-refractivity contribution in [3.63, 3.8) is 0 Å². The van der Waals surface area contributed by atoms with Crippen molar-refractivity contribution in [2.75, 3.05) is 53.5 Å². The average molecular weight is 282 g/mol. The molecule has 5 heteroatoms. The molecular weight excluding hydrogens is 256 g/mol. The van der Waals surface area contributed by atoms with Crippen LogP contribution in [0.4, 0.5) is 0 Å². The summed E-state index contributed by atoms with van der Waals surface area (Å²) in [6.45, 7) is 5.71. The molecular formula is C15H26N2O3+2. The molecule has 1 aliphatic heterocycles. The Hall–Kier alpha value is -1.30. The van der Waals surface area contributed by atoms with E-state index in [4.69, 9.17) is 9.47 Å². The summed E-state index contributed by atoms with van der Waals surface area (Å²) < 4.78 is 10.8. The number of rotatable bonds is 6. The minimum atomic E-state index is -0.422. The van der Waals surface area contributed by atoms with Gasteiger partial charge in [-0.25, -0.2) is 0 Å². The smallest absolute Gasteiger partial charge is 0.137 e. The van der Waals surface area contributed by atoms with Gasteiger partial charge in [-0.05, 0) is 12.1 Å². The van der Waals surface area contributed by atoms with Gasteiger partial charge in [-0.15, -0.1) is 0 Å². The van der Waals surface area contributed by atoms with Crippen LogP contribution in [0.5, 0.6) is 11.5 Å². The van der Waals surface area contributed by atoms with Crippen molar-refractivity contribution in [2.45, 2.75) is 6.10 Å². The van der Waals surface area contributed by atoms with Gasteiger partial charge in [0.1, 0.15) is 56.9 Å². The second-order valence-electron chi connectivity index (χ2n) is 5.56. The third-order valence-corrected chi connectivity index (χ3v) is 3.82. The van der Waals surface area contributed by atoms with Gasteiger partial charge in [0.2, 0.25) is 0 Å². The maximum atomic E-state index is 10.1. The molecule has 3 N–H and O–H groups in total. The van der Waals surface area contributed by atoms with E-state index in [1.807, 2.05) is 24.3 Å². The summed E-state index contributed by atoms with van der Waals surface area (Å²) >= 11 is 0. The van der Waals surface area contributed by atoms with Gasteiger partial charge in [0.25, 0.3) is 0 Å². The number of benzene rings is 1. The summed E-state index contributed by atoms with van der Waals surface area (Å²) in [6, 6.07) is 7.47. The van der Waals surface area contributed by atoms with Crippen LogP contribution in [0.25, 0.3) is 0 Å². The minimum absolute atomic E-state index is 0.333. The largest absolute Gasteiger partial charge is 0.497 e. The number of hydrogen-bond acceptors (Lipinski definition) is 3. The number of ether oxygens (including phenoxy) is 2. The molecule has 1 aromatic carbocycles. The molecule has 1 atom stereocenters. The number of hydrogen-bond donors (Lipinski definition) is 3. The molecule has 0 aromatic heterocycles. The standard InChI is InChI=1S/C15H24N2O3/c1-16-6-8-17(9-7-16)11-13(18)12-20-15-5-3-4-14(10-15)19-2/h3-5,10,13,18H,6-9,11-12H2,1-2H3/p+2/t13-/m1/s1. The average Bonchev–Trinajstić information content (AvgIpc) is 2.48. The van der Waals surface area contributed by atoms with Crippen LogP contribution in [-0.4, -0.2) is 64.7 Å². The number of aliphatic hydroxyl groups is 1. The summed E-state index contributed by atoms with van der Waals surface area (Å²) in [5.41, 5.74) is 0. The van der Waals surface area contributed by atoms with E-state index in [1.165, 1.54) is 18.0 Å². The van der Waals surface area contributed by atoms with Crippen LogP contribution >= 0.6 is 0 Å². The van der Waals surface area contributed by atoms with Gasteiger partial charge in [0.15, 0.2) is 0 Å². The number of likely N-dealkylation sites (N-methyl/N-ethyl adjacent to an activating group) is 1. The molecule has 1 saturated heterocycles.